The maximum atomic E-state index is 13.9. The minimum Gasteiger partial charge on any atom is -0.465 e. The van der Waals surface area contributed by atoms with E-state index in [1.807, 2.05) is 32.0 Å². The number of alkyl carbamates (subject to hydrolysis) is 1. The highest BCUT2D eigenvalue weighted by Gasteiger charge is 2.43. The molecule has 1 aromatic heterocycles. The van der Waals surface area contributed by atoms with Gasteiger partial charge in [-0.05, 0) is 88.2 Å². The van der Waals surface area contributed by atoms with Crippen LogP contribution in [0.15, 0.2) is 65.7 Å². The summed E-state index contributed by atoms with van der Waals surface area (Å²) in [6.45, 7) is 4.83. The van der Waals surface area contributed by atoms with Gasteiger partial charge < -0.3 is 40.0 Å². The van der Waals surface area contributed by atoms with Crippen LogP contribution in [0, 0.1) is 17.8 Å². The molecule has 4 heterocycles. The predicted molar refractivity (Wildman–Crippen MR) is 231 cm³/mol. The number of alkyl halides is 2. The Balaban J connectivity index is 1.03. The molecule has 16 heteroatoms. The molecule has 0 bridgehead atoms. The van der Waals surface area contributed by atoms with Crippen molar-refractivity contribution in [1.82, 2.24) is 30.4 Å². The van der Waals surface area contributed by atoms with E-state index in [1.165, 1.54) is 7.11 Å². The molecular weight excluding hydrogens is 801 g/mol. The summed E-state index contributed by atoms with van der Waals surface area (Å²) in [5, 5.41) is 18.5. The first-order valence-electron chi connectivity index (χ1n) is 21.1. The van der Waals surface area contributed by atoms with Crippen LogP contribution in [-0.2, 0) is 25.5 Å². The van der Waals surface area contributed by atoms with Gasteiger partial charge in [0.1, 0.15) is 17.9 Å². The molecule has 14 nitrogen and oxygen atoms in total. The van der Waals surface area contributed by atoms with Crippen LogP contribution in [0.2, 0.25) is 0 Å². The summed E-state index contributed by atoms with van der Waals surface area (Å²) in [5.74, 6) is -0.716. The summed E-state index contributed by atoms with van der Waals surface area (Å²) in [6, 6.07) is 18.1. The van der Waals surface area contributed by atoms with E-state index in [1.54, 1.807) is 23.6 Å². The number of rotatable bonds is 12. The van der Waals surface area contributed by atoms with E-state index < -0.39 is 42.8 Å². The van der Waals surface area contributed by atoms with Crippen LogP contribution in [0.5, 0.6) is 0 Å². The van der Waals surface area contributed by atoms with E-state index in [-0.39, 0.29) is 42.9 Å². The molecule has 0 unspecified atom stereocenters. The van der Waals surface area contributed by atoms with Gasteiger partial charge in [-0.1, -0.05) is 64.1 Å². The number of H-pyrrole nitrogens is 1. The fourth-order valence-electron chi connectivity index (χ4n) is 9.41. The first kappa shape index (κ1) is 42.5. The average molecular weight is 852 g/mol. The number of carbonyl (C=O) groups is 4. The van der Waals surface area contributed by atoms with Crippen molar-refractivity contribution in [1.29, 1.82) is 0 Å². The second kappa shape index (κ2) is 17.3. The number of aliphatic imine (C=N–C) groups is 1. The molecule has 3 aliphatic heterocycles. The molecular formula is C46H51F2N7O7. The Bertz CT molecular complexity index is 2590. The molecule has 0 spiro atoms. The largest absolute Gasteiger partial charge is 0.465 e. The number of ether oxygens (including phenoxy) is 2. The minimum absolute atomic E-state index is 0.136. The van der Waals surface area contributed by atoms with Crippen LogP contribution in [0.25, 0.3) is 43.7 Å². The lowest BCUT2D eigenvalue weighted by Gasteiger charge is -2.30. The number of likely N-dealkylation sites (tertiary alicyclic amines) is 2. The number of imidazole rings is 1. The summed E-state index contributed by atoms with van der Waals surface area (Å²) >= 11 is 0. The third-order valence-corrected chi connectivity index (χ3v) is 12.5. The first-order valence-corrected chi connectivity index (χ1v) is 21.1. The normalized spacial score (nSPS) is 19.8. The number of hydrogen-bond acceptors (Lipinski definition) is 8. The zero-order chi connectivity index (χ0) is 44.0. The van der Waals surface area contributed by atoms with Crippen LogP contribution >= 0.6 is 0 Å². The van der Waals surface area contributed by atoms with Gasteiger partial charge in [-0.25, -0.2) is 14.6 Å². The minimum atomic E-state index is -2.94. The van der Waals surface area contributed by atoms with Gasteiger partial charge in [0.05, 0.1) is 42.5 Å². The SMILES string of the molecule is COC(=O)N[C@H](C(=O)N1CCC[C@H]1c1nc2c(ccc3cc(-c4ccc5c6c(ccc5c4)N=C([C@@H]4C[C@H](COC(F)F)CN4C(=O)[C@@H](NC(=O)O)C(C)C)C6)ccc32)[nH]1)C(C)C. The molecule has 2 saturated heterocycles. The van der Waals surface area contributed by atoms with E-state index in [0.717, 1.165) is 73.5 Å². The Morgan fingerprint density at radius 1 is 0.871 bits per heavy atom. The Hall–Kier alpha value is -6.16. The lowest BCUT2D eigenvalue weighted by molar-refractivity contribution is -0.139. The summed E-state index contributed by atoms with van der Waals surface area (Å²) in [6.07, 6.45) is 0.429. The summed E-state index contributed by atoms with van der Waals surface area (Å²) in [5.41, 5.74) is 6.23. The molecule has 0 aliphatic carbocycles. The highest BCUT2D eigenvalue weighted by molar-refractivity contribution is 6.07. The molecule has 0 radical (unpaired) electrons. The van der Waals surface area contributed by atoms with E-state index >= 15 is 0 Å². The Labute approximate surface area is 357 Å². The van der Waals surface area contributed by atoms with Gasteiger partial charge in [-0.2, -0.15) is 8.78 Å². The molecule has 8 rings (SSSR count). The monoisotopic (exact) mass is 851 g/mol. The van der Waals surface area contributed by atoms with Gasteiger partial charge >= 0.3 is 18.8 Å². The molecule has 5 atom stereocenters. The Morgan fingerprint density at radius 3 is 2.21 bits per heavy atom. The molecule has 62 heavy (non-hydrogen) atoms. The van der Waals surface area contributed by atoms with Crippen molar-refractivity contribution < 1.29 is 42.5 Å². The van der Waals surface area contributed by atoms with E-state index in [0.29, 0.717) is 25.2 Å². The van der Waals surface area contributed by atoms with Crippen molar-refractivity contribution in [2.45, 2.75) is 84.2 Å². The number of carboxylic acid groups (broad SMARTS) is 1. The van der Waals surface area contributed by atoms with Gasteiger partial charge in [-0.3, -0.25) is 14.6 Å². The van der Waals surface area contributed by atoms with Crippen LogP contribution in [0.3, 0.4) is 0 Å². The molecule has 5 aromatic rings. The fourth-order valence-corrected chi connectivity index (χ4v) is 9.41. The lowest BCUT2D eigenvalue weighted by atomic mass is 9.94. The molecule has 4 N–H and O–H groups in total. The zero-order valence-corrected chi connectivity index (χ0v) is 35.3. The van der Waals surface area contributed by atoms with E-state index in [2.05, 4.69) is 62.8 Å². The fraction of sp³-hybridized carbons (Fsp3) is 0.435. The third kappa shape index (κ3) is 8.27. The molecule has 4 amide bonds. The highest BCUT2D eigenvalue weighted by Crippen LogP contribution is 2.40. The number of aromatic amines is 1. The average Bonchev–Trinajstić information content (AvgIpc) is 4.08. The van der Waals surface area contributed by atoms with E-state index in [4.69, 9.17) is 14.7 Å². The maximum absolute atomic E-state index is 13.9. The number of methoxy groups -OCH3 is 1. The van der Waals surface area contributed by atoms with Crippen molar-refractivity contribution in [2.24, 2.45) is 22.7 Å². The number of aromatic nitrogens is 2. The standard InChI is InChI=1S/C46H51F2N7O7/c1-23(2)38(52-45(58)59)43(57)55-21-25(22-62-44(47)48)17-37(55)35-20-32-30-12-8-26(18-28(30)10-14-33(32)49-35)27-9-13-31-29(19-27)11-15-34-40(31)51-41(50-34)36-7-6-16-54(36)42(56)39(24(3)4)53-46(60)61-5/h8-15,18-19,23-25,36-39,44,52H,6-7,16-17,20-22H2,1-5H3,(H,50,51)(H,53,60)(H,58,59)/t25-,36-,37-,38-,39-/m0/s1. The molecule has 4 aromatic carbocycles. The summed E-state index contributed by atoms with van der Waals surface area (Å²) in [4.78, 5) is 68.1. The number of benzene rings is 4. The molecule has 0 saturated carbocycles. The number of fused-ring (bicyclic) bond motifs is 6. The van der Waals surface area contributed by atoms with Crippen LogP contribution in [0.1, 0.15) is 64.4 Å². The predicted octanol–water partition coefficient (Wildman–Crippen LogP) is 7.96. The van der Waals surface area contributed by atoms with Crippen LogP contribution in [0.4, 0.5) is 24.1 Å². The van der Waals surface area contributed by atoms with Crippen LogP contribution < -0.4 is 10.6 Å². The molecule has 2 fully saturated rings. The van der Waals surface area contributed by atoms with Crippen molar-refractivity contribution in [2.75, 3.05) is 26.8 Å². The Morgan fingerprint density at radius 2 is 1.53 bits per heavy atom. The number of hydrogen-bond donors (Lipinski definition) is 4. The first-order chi connectivity index (χ1) is 29.7. The van der Waals surface area contributed by atoms with Gasteiger partial charge in [-0.15, -0.1) is 0 Å². The maximum Gasteiger partial charge on any atom is 0.407 e. The van der Waals surface area contributed by atoms with Crippen molar-refractivity contribution >= 4 is 68.0 Å². The topological polar surface area (TPSA) is 179 Å². The number of halogens is 2. The second-order valence-corrected chi connectivity index (χ2v) is 17.2. The second-order valence-electron chi connectivity index (χ2n) is 17.2. The number of carbonyl (C=O) groups excluding carboxylic acids is 3. The number of nitrogens with one attached hydrogen (secondary N) is 3. The summed E-state index contributed by atoms with van der Waals surface area (Å²) in [7, 11) is 1.28. The third-order valence-electron chi connectivity index (χ3n) is 12.5. The summed E-state index contributed by atoms with van der Waals surface area (Å²) < 4.78 is 35.5. The van der Waals surface area contributed by atoms with Gasteiger partial charge in [0, 0.05) is 36.5 Å². The van der Waals surface area contributed by atoms with Gasteiger partial charge in [0.2, 0.25) is 11.8 Å². The van der Waals surface area contributed by atoms with Crippen molar-refractivity contribution in [3.8, 4) is 11.1 Å². The van der Waals surface area contributed by atoms with Crippen molar-refractivity contribution in [3.63, 3.8) is 0 Å². The van der Waals surface area contributed by atoms with E-state index in [9.17, 15) is 33.1 Å². The van der Waals surface area contributed by atoms with Gasteiger partial charge in [0.25, 0.3) is 0 Å². The molecule has 3 aliphatic rings. The highest BCUT2D eigenvalue weighted by atomic mass is 19.3. The zero-order valence-electron chi connectivity index (χ0n) is 35.3. The Kier molecular flexibility index (Phi) is 11.9. The smallest absolute Gasteiger partial charge is 0.407 e. The van der Waals surface area contributed by atoms with Crippen LogP contribution in [-0.4, -0.2) is 106 Å². The lowest BCUT2D eigenvalue weighted by Crippen LogP contribution is -2.53. The van der Waals surface area contributed by atoms with Gasteiger partial charge in [0.15, 0.2) is 0 Å². The number of nitrogens with zero attached hydrogens (tertiary/aromatic N) is 4. The van der Waals surface area contributed by atoms with Crippen molar-refractivity contribution in [3.05, 3.63) is 72.1 Å². The number of amides is 4. The molecule has 326 valence electrons. The quantitative estimate of drug-likeness (QED) is 0.0977.